The third-order valence-corrected chi connectivity index (χ3v) is 3.88. The maximum Gasteiger partial charge on any atom is 0.311 e. The highest BCUT2D eigenvalue weighted by atomic mass is 32.1. The van der Waals surface area contributed by atoms with Gasteiger partial charge in [-0.1, -0.05) is 0 Å². The van der Waals surface area contributed by atoms with E-state index < -0.39 is 0 Å². The number of thiazole rings is 1. The van der Waals surface area contributed by atoms with Gasteiger partial charge in [-0.2, -0.15) is 0 Å². The van der Waals surface area contributed by atoms with Crippen LogP contribution >= 0.6 is 11.3 Å². The maximum absolute atomic E-state index is 11.2. The third-order valence-electron chi connectivity index (χ3n) is 2.97. The number of morpholine rings is 1. The van der Waals surface area contributed by atoms with E-state index in [4.69, 9.17) is 4.74 Å². The van der Waals surface area contributed by atoms with Crippen molar-refractivity contribution in [3.05, 3.63) is 11.1 Å². The molecule has 18 heavy (non-hydrogen) atoms. The predicted octanol–water partition coefficient (Wildman–Crippen LogP) is 1.47. The topological polar surface area (TPSA) is 51.7 Å². The van der Waals surface area contributed by atoms with Crippen molar-refractivity contribution in [2.24, 2.45) is 0 Å². The van der Waals surface area contributed by atoms with Gasteiger partial charge in [0.05, 0.1) is 38.0 Å². The second-order valence-electron chi connectivity index (χ2n) is 4.89. The molecule has 0 saturated carbocycles. The molecule has 2 heterocycles. The van der Waals surface area contributed by atoms with Gasteiger partial charge in [-0.05, 0) is 13.8 Å². The van der Waals surface area contributed by atoms with Crippen molar-refractivity contribution in [2.75, 3.05) is 31.8 Å². The average Bonchev–Trinajstić information content (AvgIpc) is 2.76. The second kappa shape index (κ2) is 5.24. The minimum Gasteiger partial charge on any atom is -0.469 e. The highest BCUT2D eigenvalue weighted by Gasteiger charge is 2.32. The molecule has 1 aliphatic heterocycles. The Labute approximate surface area is 111 Å². The Morgan fingerprint density at radius 2 is 2.44 bits per heavy atom. The predicted molar refractivity (Wildman–Crippen MR) is 70.1 cm³/mol. The first-order chi connectivity index (χ1) is 8.53. The molecule has 2 rings (SSSR count). The fraction of sp³-hybridized carbons (Fsp3) is 0.667. The molecule has 0 spiro atoms. The standard InChI is InChI=1S/C12H18N2O3S/c1-12(2)8-17-5-4-14(12)11-13-9(7-18-11)6-10(15)16-3/h7H,4-6,8H2,1-3H3. The monoisotopic (exact) mass is 270 g/mol. The minimum absolute atomic E-state index is 0.0569. The van der Waals surface area contributed by atoms with Crippen molar-refractivity contribution >= 4 is 22.4 Å². The van der Waals surface area contributed by atoms with Crippen LogP contribution < -0.4 is 4.90 Å². The van der Waals surface area contributed by atoms with E-state index in [1.807, 2.05) is 5.38 Å². The number of rotatable bonds is 3. The van der Waals surface area contributed by atoms with Gasteiger partial charge in [0.15, 0.2) is 5.13 Å². The second-order valence-corrected chi connectivity index (χ2v) is 5.73. The highest BCUT2D eigenvalue weighted by Crippen LogP contribution is 2.29. The first kappa shape index (κ1) is 13.3. The van der Waals surface area contributed by atoms with Crippen LogP contribution in [0.15, 0.2) is 5.38 Å². The van der Waals surface area contributed by atoms with E-state index in [-0.39, 0.29) is 17.9 Å². The molecular formula is C12H18N2O3S. The highest BCUT2D eigenvalue weighted by molar-refractivity contribution is 7.13. The molecule has 0 N–H and O–H groups in total. The number of nitrogens with zero attached hydrogens (tertiary/aromatic N) is 2. The summed E-state index contributed by atoms with van der Waals surface area (Å²) in [6.07, 6.45) is 0.234. The molecule has 1 aliphatic rings. The Balaban J connectivity index is 2.11. The molecule has 1 aromatic heterocycles. The summed E-state index contributed by atoms with van der Waals surface area (Å²) in [5.74, 6) is -0.256. The minimum atomic E-state index is -0.256. The Morgan fingerprint density at radius 3 is 3.11 bits per heavy atom. The Hall–Kier alpha value is -1.14. The van der Waals surface area contributed by atoms with Crippen LogP contribution in [0.3, 0.4) is 0 Å². The van der Waals surface area contributed by atoms with Crippen LogP contribution in [-0.4, -0.2) is 43.4 Å². The molecule has 100 valence electrons. The number of aromatic nitrogens is 1. The van der Waals surface area contributed by atoms with Crippen molar-refractivity contribution in [3.63, 3.8) is 0 Å². The van der Waals surface area contributed by atoms with Crippen molar-refractivity contribution in [3.8, 4) is 0 Å². The van der Waals surface area contributed by atoms with Gasteiger partial charge in [-0.25, -0.2) is 4.98 Å². The summed E-state index contributed by atoms with van der Waals surface area (Å²) in [7, 11) is 1.39. The fourth-order valence-electron chi connectivity index (χ4n) is 1.93. The van der Waals surface area contributed by atoms with Crippen molar-refractivity contribution in [2.45, 2.75) is 25.8 Å². The zero-order chi connectivity index (χ0) is 13.2. The van der Waals surface area contributed by atoms with E-state index in [9.17, 15) is 4.79 Å². The summed E-state index contributed by atoms with van der Waals surface area (Å²) in [6.45, 7) is 6.51. The molecule has 1 aromatic rings. The largest absolute Gasteiger partial charge is 0.469 e. The van der Waals surface area contributed by atoms with E-state index in [0.717, 1.165) is 24.0 Å². The molecule has 0 amide bonds. The molecule has 0 aliphatic carbocycles. The lowest BCUT2D eigenvalue weighted by Gasteiger charge is -2.42. The van der Waals surface area contributed by atoms with Crippen LogP contribution in [0.5, 0.6) is 0 Å². The van der Waals surface area contributed by atoms with E-state index in [1.54, 1.807) is 11.3 Å². The van der Waals surface area contributed by atoms with Gasteiger partial charge in [-0.15, -0.1) is 11.3 Å². The van der Waals surface area contributed by atoms with E-state index in [0.29, 0.717) is 6.61 Å². The molecule has 0 bridgehead atoms. The lowest BCUT2D eigenvalue weighted by Crippen LogP contribution is -2.53. The van der Waals surface area contributed by atoms with Gasteiger partial charge >= 0.3 is 5.97 Å². The molecule has 1 fully saturated rings. The van der Waals surface area contributed by atoms with Gasteiger partial charge < -0.3 is 14.4 Å². The Bertz CT molecular complexity index is 431. The number of hydrogen-bond acceptors (Lipinski definition) is 6. The van der Waals surface area contributed by atoms with Crippen LogP contribution in [0.1, 0.15) is 19.5 Å². The molecule has 5 nitrogen and oxygen atoms in total. The van der Waals surface area contributed by atoms with Crippen molar-refractivity contribution < 1.29 is 14.3 Å². The van der Waals surface area contributed by atoms with Crippen LogP contribution in [0, 0.1) is 0 Å². The zero-order valence-corrected chi connectivity index (χ0v) is 11.7. The summed E-state index contributed by atoms with van der Waals surface area (Å²) in [5.41, 5.74) is 0.711. The first-order valence-electron chi connectivity index (χ1n) is 5.89. The normalized spacial score (nSPS) is 18.7. The van der Waals surface area contributed by atoms with Crippen LogP contribution in [0.4, 0.5) is 5.13 Å². The smallest absolute Gasteiger partial charge is 0.311 e. The lowest BCUT2D eigenvalue weighted by molar-refractivity contribution is -0.139. The number of methoxy groups -OCH3 is 1. The van der Waals surface area contributed by atoms with Gasteiger partial charge in [0.2, 0.25) is 0 Å². The van der Waals surface area contributed by atoms with Crippen molar-refractivity contribution in [1.29, 1.82) is 0 Å². The van der Waals surface area contributed by atoms with E-state index in [1.165, 1.54) is 7.11 Å². The third kappa shape index (κ3) is 2.81. The van der Waals surface area contributed by atoms with Gasteiger partial charge in [0.25, 0.3) is 0 Å². The summed E-state index contributed by atoms with van der Waals surface area (Å²) >= 11 is 1.56. The van der Waals surface area contributed by atoms with Crippen LogP contribution in [-0.2, 0) is 20.7 Å². The van der Waals surface area contributed by atoms with Crippen molar-refractivity contribution in [1.82, 2.24) is 4.98 Å². The van der Waals surface area contributed by atoms with Gasteiger partial charge in [0, 0.05) is 11.9 Å². The molecule has 6 heteroatoms. The molecule has 0 radical (unpaired) electrons. The number of carbonyl (C=O) groups is 1. The molecule has 0 atom stereocenters. The number of hydrogen-bond donors (Lipinski definition) is 0. The summed E-state index contributed by atoms with van der Waals surface area (Å²) < 4.78 is 10.1. The Kier molecular flexibility index (Phi) is 3.87. The SMILES string of the molecule is COC(=O)Cc1csc(N2CCOCC2(C)C)n1. The zero-order valence-electron chi connectivity index (χ0n) is 10.9. The number of anilines is 1. The lowest BCUT2D eigenvalue weighted by atomic mass is 10.0. The molecule has 0 unspecified atom stereocenters. The number of esters is 1. The number of ether oxygens (including phenoxy) is 2. The van der Waals surface area contributed by atoms with E-state index >= 15 is 0 Å². The maximum atomic E-state index is 11.2. The van der Waals surface area contributed by atoms with Gasteiger partial charge in [-0.3, -0.25) is 4.79 Å². The number of carbonyl (C=O) groups excluding carboxylic acids is 1. The van der Waals surface area contributed by atoms with Crippen LogP contribution in [0.2, 0.25) is 0 Å². The summed E-state index contributed by atoms with van der Waals surface area (Å²) in [5, 5.41) is 2.86. The van der Waals surface area contributed by atoms with E-state index in [2.05, 4.69) is 28.5 Å². The average molecular weight is 270 g/mol. The van der Waals surface area contributed by atoms with Gasteiger partial charge in [0.1, 0.15) is 0 Å². The molecule has 0 aromatic carbocycles. The summed E-state index contributed by atoms with van der Waals surface area (Å²) in [6, 6.07) is 0. The Morgan fingerprint density at radius 1 is 1.67 bits per heavy atom. The molecular weight excluding hydrogens is 252 g/mol. The molecule has 1 saturated heterocycles. The fourth-order valence-corrected chi connectivity index (χ4v) is 2.95. The summed E-state index contributed by atoms with van der Waals surface area (Å²) in [4.78, 5) is 17.9. The first-order valence-corrected chi connectivity index (χ1v) is 6.77. The quantitative estimate of drug-likeness (QED) is 0.779. The van der Waals surface area contributed by atoms with Crippen LogP contribution in [0.25, 0.3) is 0 Å².